The van der Waals surface area contributed by atoms with Gasteiger partial charge in [-0.25, -0.2) is 4.98 Å². The maximum Gasteiger partial charge on any atom is 0.0897 e. The molecule has 112 valence electrons. The third-order valence-corrected chi connectivity index (χ3v) is 5.35. The molecular formula is C16H27N3S. The van der Waals surface area contributed by atoms with Crippen LogP contribution in [0.25, 0.3) is 0 Å². The minimum absolute atomic E-state index is 0.673. The Bertz CT molecular complexity index is 439. The van der Waals surface area contributed by atoms with Gasteiger partial charge in [0.15, 0.2) is 0 Å². The molecule has 2 fully saturated rings. The standard InChI is InChI=1S/C16H27N3S/c1-11(2)6-15-7-17-16(13-4-5-13)9-19(15)8-14-10-20-12(3)18-14/h10-11,13,15-17H,4-9H2,1-3H3. The molecule has 2 unspecified atom stereocenters. The van der Waals surface area contributed by atoms with Gasteiger partial charge in [-0.3, -0.25) is 4.90 Å². The van der Waals surface area contributed by atoms with Crippen molar-refractivity contribution >= 4 is 11.3 Å². The number of hydrogen-bond acceptors (Lipinski definition) is 4. The van der Waals surface area contributed by atoms with Crippen molar-refractivity contribution in [3.8, 4) is 0 Å². The van der Waals surface area contributed by atoms with E-state index in [-0.39, 0.29) is 0 Å². The van der Waals surface area contributed by atoms with Gasteiger partial charge in [-0.05, 0) is 38.0 Å². The third kappa shape index (κ3) is 3.60. The minimum Gasteiger partial charge on any atom is -0.311 e. The molecule has 1 aliphatic heterocycles. The summed E-state index contributed by atoms with van der Waals surface area (Å²) in [4.78, 5) is 7.35. The molecule has 1 saturated heterocycles. The number of aromatic nitrogens is 1. The number of nitrogens with one attached hydrogen (secondary N) is 1. The Labute approximate surface area is 126 Å². The van der Waals surface area contributed by atoms with E-state index in [1.165, 1.54) is 36.5 Å². The molecule has 3 rings (SSSR count). The van der Waals surface area contributed by atoms with E-state index in [1.807, 2.05) is 0 Å². The van der Waals surface area contributed by atoms with Crippen molar-refractivity contribution in [2.75, 3.05) is 13.1 Å². The molecule has 2 atom stereocenters. The highest BCUT2D eigenvalue weighted by Gasteiger charge is 2.37. The summed E-state index contributed by atoms with van der Waals surface area (Å²) in [5, 5.41) is 7.22. The van der Waals surface area contributed by atoms with Crippen LogP contribution in [0, 0.1) is 18.8 Å². The molecule has 1 saturated carbocycles. The maximum atomic E-state index is 4.66. The van der Waals surface area contributed by atoms with E-state index in [0.29, 0.717) is 6.04 Å². The van der Waals surface area contributed by atoms with Crippen molar-refractivity contribution < 1.29 is 0 Å². The first-order valence-corrected chi connectivity index (χ1v) is 8.88. The van der Waals surface area contributed by atoms with Gasteiger partial charge in [0.25, 0.3) is 0 Å². The first-order valence-electron chi connectivity index (χ1n) is 8.00. The lowest BCUT2D eigenvalue weighted by Gasteiger charge is -2.41. The number of thiazole rings is 1. The molecule has 2 aliphatic rings. The summed E-state index contributed by atoms with van der Waals surface area (Å²) >= 11 is 1.77. The summed E-state index contributed by atoms with van der Waals surface area (Å²) < 4.78 is 0. The fraction of sp³-hybridized carbons (Fsp3) is 0.812. The van der Waals surface area contributed by atoms with E-state index >= 15 is 0 Å². The Morgan fingerprint density at radius 1 is 1.45 bits per heavy atom. The zero-order valence-electron chi connectivity index (χ0n) is 12.9. The largest absolute Gasteiger partial charge is 0.311 e. The first kappa shape index (κ1) is 14.5. The first-order chi connectivity index (χ1) is 9.61. The topological polar surface area (TPSA) is 28.2 Å². The summed E-state index contributed by atoms with van der Waals surface area (Å²) in [6.45, 7) is 10.2. The van der Waals surface area contributed by atoms with Crippen LogP contribution >= 0.6 is 11.3 Å². The van der Waals surface area contributed by atoms with E-state index in [0.717, 1.165) is 31.0 Å². The van der Waals surface area contributed by atoms with Crippen LogP contribution in [0.3, 0.4) is 0 Å². The SMILES string of the molecule is Cc1nc(CN2CC(C3CC3)NCC2CC(C)C)cs1. The average molecular weight is 293 g/mol. The number of aryl methyl sites for hydroxylation is 1. The van der Waals surface area contributed by atoms with Gasteiger partial charge in [-0.15, -0.1) is 11.3 Å². The lowest BCUT2D eigenvalue weighted by atomic mass is 9.97. The second-order valence-corrected chi connectivity index (χ2v) is 7.99. The predicted molar refractivity (Wildman–Crippen MR) is 85.0 cm³/mol. The average Bonchev–Trinajstić information content (AvgIpc) is 3.15. The quantitative estimate of drug-likeness (QED) is 0.904. The van der Waals surface area contributed by atoms with Crippen LogP contribution in [-0.2, 0) is 6.54 Å². The van der Waals surface area contributed by atoms with Gasteiger partial charge in [0.1, 0.15) is 0 Å². The van der Waals surface area contributed by atoms with Gasteiger partial charge in [0.05, 0.1) is 10.7 Å². The molecule has 0 spiro atoms. The second kappa shape index (κ2) is 6.12. The van der Waals surface area contributed by atoms with Crippen LogP contribution in [-0.4, -0.2) is 35.1 Å². The van der Waals surface area contributed by atoms with Crippen molar-refractivity contribution in [2.24, 2.45) is 11.8 Å². The number of rotatable bonds is 5. The number of nitrogens with zero attached hydrogens (tertiary/aromatic N) is 2. The lowest BCUT2D eigenvalue weighted by Crippen LogP contribution is -2.57. The lowest BCUT2D eigenvalue weighted by molar-refractivity contribution is 0.0988. The summed E-state index contributed by atoms with van der Waals surface area (Å²) in [6.07, 6.45) is 4.14. The fourth-order valence-corrected chi connectivity index (χ4v) is 3.96. The summed E-state index contributed by atoms with van der Waals surface area (Å²) in [6, 6.07) is 1.39. The Hall–Kier alpha value is -0.450. The van der Waals surface area contributed by atoms with E-state index < -0.39 is 0 Å². The molecule has 1 aromatic rings. The normalized spacial score (nSPS) is 28.2. The van der Waals surface area contributed by atoms with E-state index in [4.69, 9.17) is 0 Å². The molecule has 0 amide bonds. The minimum atomic E-state index is 0.673. The smallest absolute Gasteiger partial charge is 0.0897 e. The Balaban J connectivity index is 1.66. The summed E-state index contributed by atoms with van der Waals surface area (Å²) in [5.41, 5.74) is 1.26. The molecular weight excluding hydrogens is 266 g/mol. The number of hydrogen-bond donors (Lipinski definition) is 1. The van der Waals surface area contributed by atoms with E-state index in [2.05, 4.69) is 41.4 Å². The number of piperazine rings is 1. The van der Waals surface area contributed by atoms with E-state index in [9.17, 15) is 0 Å². The van der Waals surface area contributed by atoms with E-state index in [1.54, 1.807) is 11.3 Å². The van der Waals surface area contributed by atoms with Crippen LogP contribution in [0.4, 0.5) is 0 Å². The highest BCUT2D eigenvalue weighted by molar-refractivity contribution is 7.09. The monoisotopic (exact) mass is 293 g/mol. The van der Waals surface area contributed by atoms with Crippen molar-refractivity contribution in [2.45, 2.75) is 58.7 Å². The molecule has 20 heavy (non-hydrogen) atoms. The zero-order valence-corrected chi connectivity index (χ0v) is 13.7. The van der Waals surface area contributed by atoms with Crippen LogP contribution in [0.2, 0.25) is 0 Å². The highest BCUT2D eigenvalue weighted by atomic mass is 32.1. The molecule has 0 bridgehead atoms. The molecule has 4 heteroatoms. The van der Waals surface area contributed by atoms with Gasteiger partial charge >= 0.3 is 0 Å². The van der Waals surface area contributed by atoms with Crippen LogP contribution in [0.1, 0.15) is 43.8 Å². The molecule has 1 N–H and O–H groups in total. The van der Waals surface area contributed by atoms with Crippen LogP contribution in [0.15, 0.2) is 5.38 Å². The zero-order chi connectivity index (χ0) is 14.1. The van der Waals surface area contributed by atoms with Gasteiger partial charge < -0.3 is 5.32 Å². The predicted octanol–water partition coefficient (Wildman–Crippen LogP) is 3.05. The maximum absolute atomic E-state index is 4.66. The second-order valence-electron chi connectivity index (χ2n) is 6.92. The Kier molecular flexibility index (Phi) is 4.43. The Morgan fingerprint density at radius 2 is 2.25 bits per heavy atom. The summed E-state index contributed by atoms with van der Waals surface area (Å²) in [7, 11) is 0. The van der Waals surface area contributed by atoms with Gasteiger partial charge in [-0.2, -0.15) is 0 Å². The highest BCUT2D eigenvalue weighted by Crippen LogP contribution is 2.35. The third-order valence-electron chi connectivity index (χ3n) is 4.53. The molecule has 0 radical (unpaired) electrons. The molecule has 2 heterocycles. The molecule has 0 aromatic carbocycles. The molecule has 1 aliphatic carbocycles. The van der Waals surface area contributed by atoms with Crippen molar-refractivity contribution in [1.82, 2.24) is 15.2 Å². The van der Waals surface area contributed by atoms with Gasteiger partial charge in [0, 0.05) is 37.1 Å². The van der Waals surface area contributed by atoms with Gasteiger partial charge in [0.2, 0.25) is 0 Å². The van der Waals surface area contributed by atoms with Crippen molar-refractivity contribution in [1.29, 1.82) is 0 Å². The van der Waals surface area contributed by atoms with Crippen LogP contribution < -0.4 is 5.32 Å². The Morgan fingerprint density at radius 3 is 2.85 bits per heavy atom. The van der Waals surface area contributed by atoms with Crippen molar-refractivity contribution in [3.63, 3.8) is 0 Å². The molecule has 3 nitrogen and oxygen atoms in total. The van der Waals surface area contributed by atoms with Crippen LogP contribution in [0.5, 0.6) is 0 Å². The van der Waals surface area contributed by atoms with Crippen molar-refractivity contribution in [3.05, 3.63) is 16.1 Å². The summed E-state index contributed by atoms with van der Waals surface area (Å²) in [5.74, 6) is 1.70. The fourth-order valence-electron chi connectivity index (χ4n) is 3.36. The molecule has 1 aromatic heterocycles. The van der Waals surface area contributed by atoms with Gasteiger partial charge in [-0.1, -0.05) is 13.8 Å².